The summed E-state index contributed by atoms with van der Waals surface area (Å²) in [7, 11) is 3.75. The number of nitrogens with zero attached hydrogens (tertiary/aromatic N) is 2. The summed E-state index contributed by atoms with van der Waals surface area (Å²) in [6.45, 7) is 3.90. The van der Waals surface area contributed by atoms with Crippen LogP contribution >= 0.6 is 12.2 Å². The Morgan fingerprint density at radius 2 is 2.00 bits per heavy atom. The van der Waals surface area contributed by atoms with Gasteiger partial charge in [0.15, 0.2) is 0 Å². The maximum Gasteiger partial charge on any atom is 0.223 e. The van der Waals surface area contributed by atoms with Gasteiger partial charge >= 0.3 is 0 Å². The predicted octanol–water partition coefficient (Wildman–Crippen LogP) is 1.54. The smallest absolute Gasteiger partial charge is 0.223 e. The number of amides is 1. The molecule has 0 aliphatic rings. The molecule has 0 aliphatic carbocycles. The number of thiocarbonyl (C=S) groups is 1. The number of furan rings is 1. The SMILES string of the molecule is Cc1ccc(CN(C)CCC(=O)N(C)CCC(N)=S)o1. The van der Waals surface area contributed by atoms with Crippen molar-refractivity contribution in [3.05, 3.63) is 23.7 Å². The minimum Gasteiger partial charge on any atom is -0.465 e. The molecular weight excluding hydrogens is 274 g/mol. The Bertz CT molecular complexity index is 459. The fourth-order valence-corrected chi connectivity index (χ4v) is 1.89. The number of aryl methyl sites for hydroxylation is 1. The molecule has 1 aromatic rings. The Labute approximate surface area is 125 Å². The molecule has 112 valence electrons. The second-order valence-corrected chi connectivity index (χ2v) is 5.56. The van der Waals surface area contributed by atoms with Crippen LogP contribution in [0, 0.1) is 6.92 Å². The topological polar surface area (TPSA) is 62.7 Å². The van der Waals surface area contributed by atoms with Crippen LogP contribution in [0.5, 0.6) is 0 Å². The van der Waals surface area contributed by atoms with E-state index in [0.29, 0.717) is 37.5 Å². The lowest BCUT2D eigenvalue weighted by atomic mass is 10.3. The normalized spacial score (nSPS) is 10.8. The Hall–Kier alpha value is -1.40. The second-order valence-electron chi connectivity index (χ2n) is 5.03. The van der Waals surface area contributed by atoms with Crippen molar-refractivity contribution in [2.75, 3.05) is 27.2 Å². The molecule has 2 N–H and O–H groups in total. The summed E-state index contributed by atoms with van der Waals surface area (Å²) < 4.78 is 5.51. The van der Waals surface area contributed by atoms with Gasteiger partial charge in [-0.25, -0.2) is 0 Å². The molecule has 5 nitrogen and oxygen atoms in total. The number of hydrogen-bond acceptors (Lipinski definition) is 4. The molecule has 6 heteroatoms. The summed E-state index contributed by atoms with van der Waals surface area (Å²) in [6, 6.07) is 3.90. The molecule has 0 saturated heterocycles. The minimum absolute atomic E-state index is 0.101. The molecule has 20 heavy (non-hydrogen) atoms. The summed E-state index contributed by atoms with van der Waals surface area (Å²) in [5.41, 5.74) is 5.43. The third kappa shape index (κ3) is 6.16. The zero-order valence-corrected chi connectivity index (χ0v) is 13.2. The Kier molecular flexibility index (Phi) is 6.67. The molecule has 0 fully saturated rings. The van der Waals surface area contributed by atoms with Gasteiger partial charge in [-0.1, -0.05) is 12.2 Å². The first-order valence-corrected chi connectivity index (χ1v) is 7.05. The van der Waals surface area contributed by atoms with Crippen LogP contribution in [0.1, 0.15) is 24.4 Å². The van der Waals surface area contributed by atoms with Crippen molar-refractivity contribution in [3.63, 3.8) is 0 Å². The van der Waals surface area contributed by atoms with E-state index in [-0.39, 0.29) is 5.91 Å². The molecule has 0 bridgehead atoms. The maximum absolute atomic E-state index is 11.9. The maximum atomic E-state index is 11.9. The summed E-state index contributed by atoms with van der Waals surface area (Å²) in [5, 5.41) is 0. The number of hydrogen-bond donors (Lipinski definition) is 1. The monoisotopic (exact) mass is 297 g/mol. The van der Waals surface area contributed by atoms with Gasteiger partial charge in [0.25, 0.3) is 0 Å². The van der Waals surface area contributed by atoms with E-state index in [9.17, 15) is 4.79 Å². The minimum atomic E-state index is 0.101. The molecule has 0 aromatic carbocycles. The van der Waals surface area contributed by atoms with Gasteiger partial charge in [0.2, 0.25) is 5.91 Å². The van der Waals surface area contributed by atoms with Crippen molar-refractivity contribution in [2.24, 2.45) is 5.73 Å². The molecule has 0 unspecified atom stereocenters. The molecule has 1 heterocycles. The highest BCUT2D eigenvalue weighted by Gasteiger charge is 2.11. The average molecular weight is 297 g/mol. The molecule has 1 rings (SSSR count). The van der Waals surface area contributed by atoms with Crippen molar-refractivity contribution in [1.29, 1.82) is 0 Å². The van der Waals surface area contributed by atoms with Crippen LogP contribution in [0.25, 0.3) is 0 Å². The standard InChI is InChI=1S/C14H23N3O2S/c1-11-4-5-12(19-11)10-16(2)8-7-14(18)17(3)9-6-13(15)20/h4-5H,6-10H2,1-3H3,(H2,15,20). The van der Waals surface area contributed by atoms with Gasteiger partial charge in [-0.2, -0.15) is 0 Å². The molecule has 0 atom stereocenters. The zero-order chi connectivity index (χ0) is 15.1. The van der Waals surface area contributed by atoms with Gasteiger partial charge in [-0.15, -0.1) is 0 Å². The van der Waals surface area contributed by atoms with Crippen LogP contribution < -0.4 is 5.73 Å². The van der Waals surface area contributed by atoms with Crippen LogP contribution in [0.15, 0.2) is 16.5 Å². The number of carbonyl (C=O) groups is 1. The van der Waals surface area contributed by atoms with Crippen LogP contribution in [-0.2, 0) is 11.3 Å². The highest BCUT2D eigenvalue weighted by atomic mass is 32.1. The van der Waals surface area contributed by atoms with Gasteiger partial charge in [-0.3, -0.25) is 9.69 Å². The van der Waals surface area contributed by atoms with Gasteiger partial charge in [0, 0.05) is 33.0 Å². The van der Waals surface area contributed by atoms with Crippen LogP contribution in [0.2, 0.25) is 0 Å². The van der Waals surface area contributed by atoms with E-state index < -0.39 is 0 Å². The third-order valence-corrected chi connectivity index (χ3v) is 3.25. The predicted molar refractivity (Wildman–Crippen MR) is 83.4 cm³/mol. The molecule has 0 aliphatic heterocycles. The lowest BCUT2D eigenvalue weighted by Gasteiger charge is -2.19. The quantitative estimate of drug-likeness (QED) is 0.738. The molecule has 0 saturated carbocycles. The first-order valence-electron chi connectivity index (χ1n) is 6.64. The van der Waals surface area contributed by atoms with Crippen molar-refractivity contribution in [1.82, 2.24) is 9.80 Å². The molecule has 1 amide bonds. The second kappa shape index (κ2) is 8.01. The van der Waals surface area contributed by atoms with Gasteiger partial charge < -0.3 is 15.1 Å². The van der Waals surface area contributed by atoms with E-state index in [4.69, 9.17) is 22.4 Å². The highest BCUT2D eigenvalue weighted by Crippen LogP contribution is 2.09. The van der Waals surface area contributed by atoms with E-state index in [1.165, 1.54) is 0 Å². The lowest BCUT2D eigenvalue weighted by molar-refractivity contribution is -0.130. The Morgan fingerprint density at radius 1 is 1.30 bits per heavy atom. The highest BCUT2D eigenvalue weighted by molar-refractivity contribution is 7.80. The first kappa shape index (κ1) is 16.7. The van der Waals surface area contributed by atoms with Crippen LogP contribution in [0.4, 0.5) is 0 Å². The largest absolute Gasteiger partial charge is 0.465 e. The van der Waals surface area contributed by atoms with Crippen LogP contribution in [-0.4, -0.2) is 47.9 Å². The molecule has 1 aromatic heterocycles. The van der Waals surface area contributed by atoms with Crippen molar-refractivity contribution in [3.8, 4) is 0 Å². The van der Waals surface area contributed by atoms with Crippen molar-refractivity contribution in [2.45, 2.75) is 26.3 Å². The molecular formula is C14H23N3O2S. The van der Waals surface area contributed by atoms with E-state index >= 15 is 0 Å². The average Bonchev–Trinajstić information content (AvgIpc) is 2.78. The van der Waals surface area contributed by atoms with E-state index in [0.717, 1.165) is 11.5 Å². The molecule has 0 spiro atoms. The van der Waals surface area contributed by atoms with Crippen molar-refractivity contribution >= 4 is 23.1 Å². The Balaban J connectivity index is 2.27. The van der Waals surface area contributed by atoms with E-state index in [1.54, 1.807) is 11.9 Å². The summed E-state index contributed by atoms with van der Waals surface area (Å²) in [5.74, 6) is 1.92. The fraction of sp³-hybridized carbons (Fsp3) is 0.571. The lowest BCUT2D eigenvalue weighted by Crippen LogP contribution is -2.32. The summed E-state index contributed by atoms with van der Waals surface area (Å²) in [6.07, 6.45) is 1.04. The number of carbonyl (C=O) groups excluding carboxylic acids is 1. The third-order valence-electron chi connectivity index (χ3n) is 3.05. The number of nitrogens with two attached hydrogens (primary N) is 1. The van der Waals surface area contributed by atoms with Gasteiger partial charge in [0.05, 0.1) is 11.5 Å². The number of rotatable bonds is 8. The molecule has 0 radical (unpaired) electrons. The first-order chi connectivity index (χ1) is 9.38. The summed E-state index contributed by atoms with van der Waals surface area (Å²) in [4.78, 5) is 16.1. The van der Waals surface area contributed by atoms with Gasteiger partial charge in [0.1, 0.15) is 11.5 Å². The van der Waals surface area contributed by atoms with Crippen molar-refractivity contribution < 1.29 is 9.21 Å². The zero-order valence-electron chi connectivity index (χ0n) is 12.4. The van der Waals surface area contributed by atoms with Crippen LogP contribution in [0.3, 0.4) is 0 Å². The van der Waals surface area contributed by atoms with E-state index in [1.807, 2.05) is 26.1 Å². The summed E-state index contributed by atoms with van der Waals surface area (Å²) >= 11 is 4.80. The Morgan fingerprint density at radius 3 is 2.55 bits per heavy atom. The fourth-order valence-electron chi connectivity index (χ4n) is 1.80. The van der Waals surface area contributed by atoms with E-state index in [2.05, 4.69) is 4.90 Å². The van der Waals surface area contributed by atoms with Gasteiger partial charge in [-0.05, 0) is 26.1 Å².